The smallest absolute Gasteiger partial charge is 0.236 e. The third-order valence-electron chi connectivity index (χ3n) is 5.09. The van der Waals surface area contributed by atoms with Crippen molar-refractivity contribution in [2.75, 3.05) is 26.2 Å². The van der Waals surface area contributed by atoms with Crippen LogP contribution >= 0.6 is 0 Å². The summed E-state index contributed by atoms with van der Waals surface area (Å²) in [5, 5.41) is 9.62. The summed E-state index contributed by atoms with van der Waals surface area (Å²) in [6.45, 7) is 7.48. The first kappa shape index (κ1) is 15.8. The highest BCUT2D eigenvalue weighted by molar-refractivity contribution is 5.78. The quantitative estimate of drug-likeness (QED) is 0.856. The monoisotopic (exact) mass is 282 g/mol. The molecule has 4 nitrogen and oxygen atoms in total. The molecule has 4 heteroatoms. The molecule has 0 spiro atoms. The van der Waals surface area contributed by atoms with E-state index in [1.165, 1.54) is 12.8 Å². The van der Waals surface area contributed by atoms with Gasteiger partial charge in [0.1, 0.15) is 0 Å². The number of piperidine rings is 2. The van der Waals surface area contributed by atoms with E-state index < -0.39 is 0 Å². The number of likely N-dealkylation sites (tertiary alicyclic amines) is 2. The van der Waals surface area contributed by atoms with Crippen LogP contribution in [0.4, 0.5) is 0 Å². The maximum Gasteiger partial charge on any atom is 0.236 e. The highest BCUT2D eigenvalue weighted by Gasteiger charge is 2.28. The van der Waals surface area contributed by atoms with Crippen LogP contribution in [0, 0.1) is 5.92 Å². The van der Waals surface area contributed by atoms with Crippen molar-refractivity contribution < 1.29 is 9.90 Å². The fourth-order valence-electron chi connectivity index (χ4n) is 3.63. The predicted molar refractivity (Wildman–Crippen MR) is 80.5 cm³/mol. The number of hydrogen-bond donors (Lipinski definition) is 1. The zero-order valence-electron chi connectivity index (χ0n) is 13.1. The van der Waals surface area contributed by atoms with Crippen molar-refractivity contribution in [3.05, 3.63) is 0 Å². The molecule has 0 aromatic carbocycles. The number of carbonyl (C=O) groups is 1. The molecule has 2 heterocycles. The molecule has 116 valence electrons. The predicted octanol–water partition coefficient (Wildman–Crippen LogP) is 1.87. The number of amides is 1. The number of carbonyl (C=O) groups excluding carboxylic acids is 1. The third kappa shape index (κ3) is 3.95. The lowest BCUT2D eigenvalue weighted by molar-refractivity contribution is -0.136. The molecule has 20 heavy (non-hydrogen) atoms. The van der Waals surface area contributed by atoms with Crippen molar-refractivity contribution in [2.45, 2.75) is 64.5 Å². The first-order valence-corrected chi connectivity index (χ1v) is 8.31. The summed E-state index contributed by atoms with van der Waals surface area (Å²) in [6, 6.07) is 0.464. The van der Waals surface area contributed by atoms with Crippen molar-refractivity contribution in [1.29, 1.82) is 0 Å². The van der Waals surface area contributed by atoms with Crippen molar-refractivity contribution in [3.63, 3.8) is 0 Å². The molecule has 1 amide bonds. The van der Waals surface area contributed by atoms with Gasteiger partial charge in [-0.3, -0.25) is 9.69 Å². The van der Waals surface area contributed by atoms with Gasteiger partial charge in [-0.05, 0) is 64.5 Å². The van der Waals surface area contributed by atoms with E-state index in [1.54, 1.807) is 0 Å². The standard InChI is InChI=1S/C16H30N2O2/c1-3-15-6-4-5-9-18(15)16(20)12-17-10-7-14(8-11-17)13(2)19/h13-15,19H,3-12H2,1-2H3. The average Bonchev–Trinajstić information content (AvgIpc) is 2.47. The molecule has 2 rings (SSSR count). The molecule has 0 aliphatic carbocycles. The molecule has 2 unspecified atom stereocenters. The van der Waals surface area contributed by atoms with E-state index in [2.05, 4.69) is 16.7 Å². The second kappa shape index (κ2) is 7.41. The lowest BCUT2D eigenvalue weighted by Gasteiger charge is -2.38. The van der Waals surface area contributed by atoms with Crippen LogP contribution in [0.2, 0.25) is 0 Å². The number of aliphatic hydroxyl groups is 1. The Bertz CT molecular complexity index is 312. The van der Waals surface area contributed by atoms with E-state index in [-0.39, 0.29) is 6.10 Å². The Morgan fingerprint density at radius 2 is 1.90 bits per heavy atom. The van der Waals surface area contributed by atoms with Crippen LogP contribution in [-0.2, 0) is 4.79 Å². The van der Waals surface area contributed by atoms with Gasteiger partial charge in [-0.25, -0.2) is 0 Å². The van der Waals surface area contributed by atoms with Crippen LogP contribution < -0.4 is 0 Å². The van der Waals surface area contributed by atoms with Crippen molar-refractivity contribution in [2.24, 2.45) is 5.92 Å². The van der Waals surface area contributed by atoms with Gasteiger partial charge in [0.2, 0.25) is 5.91 Å². The molecule has 0 aromatic rings. The average molecular weight is 282 g/mol. The van der Waals surface area contributed by atoms with E-state index in [1.807, 2.05) is 6.92 Å². The molecular weight excluding hydrogens is 252 g/mol. The second-order valence-electron chi connectivity index (χ2n) is 6.50. The molecule has 1 N–H and O–H groups in total. The maximum atomic E-state index is 12.5. The third-order valence-corrected chi connectivity index (χ3v) is 5.09. The number of hydrogen-bond acceptors (Lipinski definition) is 3. The first-order chi connectivity index (χ1) is 9.61. The van der Waals surface area contributed by atoms with Gasteiger partial charge in [-0.2, -0.15) is 0 Å². The fraction of sp³-hybridized carbons (Fsp3) is 0.938. The van der Waals surface area contributed by atoms with E-state index >= 15 is 0 Å². The summed E-state index contributed by atoms with van der Waals surface area (Å²) in [5.74, 6) is 0.728. The Balaban J connectivity index is 1.80. The molecule has 0 bridgehead atoms. The molecule has 0 aromatic heterocycles. The van der Waals surface area contributed by atoms with Gasteiger partial charge in [0.25, 0.3) is 0 Å². The van der Waals surface area contributed by atoms with Crippen LogP contribution in [0.1, 0.15) is 52.4 Å². The second-order valence-corrected chi connectivity index (χ2v) is 6.50. The van der Waals surface area contributed by atoms with Gasteiger partial charge < -0.3 is 10.0 Å². The van der Waals surface area contributed by atoms with Crippen LogP contribution in [0.25, 0.3) is 0 Å². The first-order valence-electron chi connectivity index (χ1n) is 8.31. The van der Waals surface area contributed by atoms with Crippen molar-refractivity contribution >= 4 is 5.91 Å². The number of aliphatic hydroxyl groups excluding tert-OH is 1. The largest absolute Gasteiger partial charge is 0.393 e. The van der Waals surface area contributed by atoms with Gasteiger partial charge in [-0.15, -0.1) is 0 Å². The van der Waals surface area contributed by atoms with Crippen LogP contribution in [0.5, 0.6) is 0 Å². The highest BCUT2D eigenvalue weighted by Crippen LogP contribution is 2.22. The summed E-state index contributed by atoms with van der Waals surface area (Å²) in [7, 11) is 0. The summed E-state index contributed by atoms with van der Waals surface area (Å²) in [6.07, 6.45) is 6.50. The minimum Gasteiger partial charge on any atom is -0.393 e. The normalized spacial score (nSPS) is 27.6. The Morgan fingerprint density at radius 3 is 2.50 bits per heavy atom. The van der Waals surface area contributed by atoms with E-state index in [4.69, 9.17) is 0 Å². The molecule has 0 radical (unpaired) electrons. The Labute approximate surface area is 123 Å². The van der Waals surface area contributed by atoms with Gasteiger partial charge in [0.05, 0.1) is 12.6 Å². The Morgan fingerprint density at radius 1 is 1.20 bits per heavy atom. The van der Waals surface area contributed by atoms with E-state index in [0.29, 0.717) is 24.4 Å². The summed E-state index contributed by atoms with van der Waals surface area (Å²) in [5.41, 5.74) is 0. The maximum absolute atomic E-state index is 12.5. The van der Waals surface area contributed by atoms with Crippen molar-refractivity contribution in [3.8, 4) is 0 Å². The fourth-order valence-corrected chi connectivity index (χ4v) is 3.63. The topological polar surface area (TPSA) is 43.8 Å². The van der Waals surface area contributed by atoms with Gasteiger partial charge in [0.15, 0.2) is 0 Å². The van der Waals surface area contributed by atoms with Crippen LogP contribution in [-0.4, -0.2) is 59.1 Å². The molecule has 2 saturated heterocycles. The molecular formula is C16H30N2O2. The molecule has 0 saturated carbocycles. The van der Waals surface area contributed by atoms with Gasteiger partial charge >= 0.3 is 0 Å². The summed E-state index contributed by atoms with van der Waals surface area (Å²) >= 11 is 0. The molecule has 2 aliphatic heterocycles. The summed E-state index contributed by atoms with van der Waals surface area (Å²) in [4.78, 5) is 16.9. The minimum atomic E-state index is -0.209. The number of nitrogens with zero attached hydrogens (tertiary/aromatic N) is 2. The molecule has 2 fully saturated rings. The molecule has 2 atom stereocenters. The van der Waals surface area contributed by atoms with Gasteiger partial charge in [-0.1, -0.05) is 6.92 Å². The Kier molecular flexibility index (Phi) is 5.85. The number of rotatable bonds is 4. The van der Waals surface area contributed by atoms with Gasteiger partial charge in [0, 0.05) is 12.6 Å². The van der Waals surface area contributed by atoms with Crippen molar-refractivity contribution in [1.82, 2.24) is 9.80 Å². The lowest BCUT2D eigenvalue weighted by Crippen LogP contribution is -2.49. The van der Waals surface area contributed by atoms with E-state index in [9.17, 15) is 9.90 Å². The van der Waals surface area contributed by atoms with Crippen LogP contribution in [0.3, 0.4) is 0 Å². The van der Waals surface area contributed by atoms with Crippen LogP contribution in [0.15, 0.2) is 0 Å². The lowest BCUT2D eigenvalue weighted by atomic mass is 9.92. The summed E-state index contributed by atoms with van der Waals surface area (Å²) < 4.78 is 0. The molecule has 2 aliphatic rings. The highest BCUT2D eigenvalue weighted by atomic mass is 16.3. The minimum absolute atomic E-state index is 0.209. The SMILES string of the molecule is CCC1CCCCN1C(=O)CN1CCC(C(C)O)CC1. The Hall–Kier alpha value is -0.610. The zero-order valence-corrected chi connectivity index (χ0v) is 13.1. The zero-order chi connectivity index (χ0) is 14.5. The van der Waals surface area contributed by atoms with E-state index in [0.717, 1.165) is 45.3 Å².